The van der Waals surface area contributed by atoms with Gasteiger partial charge in [-0.05, 0) is 38.0 Å². The van der Waals surface area contributed by atoms with Crippen LogP contribution in [0.5, 0.6) is 0 Å². The van der Waals surface area contributed by atoms with E-state index in [2.05, 4.69) is 34.3 Å². The van der Waals surface area contributed by atoms with Crippen LogP contribution in [-0.4, -0.2) is 10.9 Å². The van der Waals surface area contributed by atoms with Crippen molar-refractivity contribution < 1.29 is 4.42 Å². The maximum atomic E-state index is 5.84. The molecule has 2 aromatic rings. The Morgan fingerprint density at radius 1 is 1.30 bits per heavy atom. The molecule has 0 aliphatic rings. The van der Waals surface area contributed by atoms with Crippen LogP contribution in [0.15, 0.2) is 33.7 Å². The lowest BCUT2D eigenvalue weighted by Gasteiger charge is -2.05. The Hall–Kier alpha value is -2.30. The number of aryl methyl sites for hydroxylation is 3. The van der Waals surface area contributed by atoms with Crippen LogP contribution in [0.2, 0.25) is 0 Å². The normalized spacial score (nSPS) is 11.7. The Morgan fingerprint density at radius 2 is 2.00 bits per heavy atom. The van der Waals surface area contributed by atoms with E-state index in [1.54, 1.807) is 0 Å². The van der Waals surface area contributed by atoms with Crippen LogP contribution in [0.25, 0.3) is 0 Å². The molecule has 2 rings (SSSR count). The lowest BCUT2D eigenvalue weighted by molar-refractivity contribution is 0.473. The highest BCUT2D eigenvalue weighted by Crippen LogP contribution is 2.11. The van der Waals surface area contributed by atoms with Gasteiger partial charge < -0.3 is 15.5 Å². The minimum atomic E-state index is 0.334. The van der Waals surface area contributed by atoms with Gasteiger partial charge in [-0.25, -0.2) is 9.98 Å². The minimum Gasteiger partial charge on any atom is -0.444 e. The molecule has 0 saturated heterocycles. The summed E-state index contributed by atoms with van der Waals surface area (Å²) in [6.07, 6.45) is 1.02. The summed E-state index contributed by atoms with van der Waals surface area (Å²) < 4.78 is 5.44. The molecule has 1 heterocycles. The Morgan fingerprint density at radius 3 is 2.55 bits per heavy atom. The first kappa shape index (κ1) is 14.1. The number of rotatable bonds is 4. The van der Waals surface area contributed by atoms with Crippen LogP contribution < -0.4 is 11.1 Å². The molecule has 0 saturated carbocycles. The molecule has 0 unspecified atom stereocenters. The van der Waals surface area contributed by atoms with E-state index in [1.807, 2.05) is 26.0 Å². The van der Waals surface area contributed by atoms with E-state index >= 15 is 0 Å². The molecule has 0 aliphatic heterocycles. The molecular formula is C15H20N4O. The first-order valence-electron chi connectivity index (χ1n) is 6.67. The van der Waals surface area contributed by atoms with Crippen molar-refractivity contribution >= 4 is 11.6 Å². The fourth-order valence-corrected chi connectivity index (χ4v) is 1.77. The average Bonchev–Trinajstić information content (AvgIpc) is 2.76. The van der Waals surface area contributed by atoms with Gasteiger partial charge in [-0.3, -0.25) is 0 Å². The van der Waals surface area contributed by atoms with Crippen molar-refractivity contribution in [2.24, 2.45) is 10.7 Å². The smallest absolute Gasteiger partial charge is 0.216 e. The minimum absolute atomic E-state index is 0.334. The monoisotopic (exact) mass is 272 g/mol. The van der Waals surface area contributed by atoms with Crippen molar-refractivity contribution in [3.8, 4) is 0 Å². The summed E-state index contributed by atoms with van der Waals surface area (Å²) >= 11 is 0. The van der Waals surface area contributed by atoms with Crippen molar-refractivity contribution in [2.45, 2.75) is 33.7 Å². The second kappa shape index (κ2) is 6.23. The maximum Gasteiger partial charge on any atom is 0.216 e. The number of aliphatic imine (C=N–C) groups is 1. The second-order valence-corrected chi connectivity index (χ2v) is 4.63. The highest BCUT2D eigenvalue weighted by Gasteiger charge is 2.04. The number of oxazole rings is 1. The SMILES string of the molecule is CCc1ccc(NC(N)=NCc2nc(C)c(C)o2)cc1. The molecule has 1 aromatic heterocycles. The lowest BCUT2D eigenvalue weighted by atomic mass is 10.1. The van der Waals surface area contributed by atoms with Crippen molar-refractivity contribution in [3.05, 3.63) is 47.2 Å². The van der Waals surface area contributed by atoms with Gasteiger partial charge >= 0.3 is 0 Å². The number of nitrogens with zero attached hydrogens (tertiary/aromatic N) is 2. The Kier molecular flexibility index (Phi) is 4.40. The van der Waals surface area contributed by atoms with Gasteiger partial charge in [-0.2, -0.15) is 0 Å². The number of hydrogen-bond donors (Lipinski definition) is 2. The molecule has 106 valence electrons. The number of nitrogens with two attached hydrogens (primary N) is 1. The first-order chi connectivity index (χ1) is 9.58. The molecule has 0 amide bonds. The molecule has 1 aromatic carbocycles. The van der Waals surface area contributed by atoms with Gasteiger partial charge in [0.15, 0.2) is 5.96 Å². The van der Waals surface area contributed by atoms with E-state index < -0.39 is 0 Å². The molecule has 3 N–H and O–H groups in total. The van der Waals surface area contributed by atoms with Crippen molar-refractivity contribution in [1.29, 1.82) is 0 Å². The van der Waals surface area contributed by atoms with E-state index in [0.29, 0.717) is 18.4 Å². The van der Waals surface area contributed by atoms with Gasteiger partial charge in [0.2, 0.25) is 5.89 Å². The van der Waals surface area contributed by atoms with E-state index in [-0.39, 0.29) is 0 Å². The number of guanidine groups is 1. The number of hydrogen-bond acceptors (Lipinski definition) is 3. The molecule has 0 aliphatic carbocycles. The Balaban J connectivity index is 1.96. The van der Waals surface area contributed by atoms with Gasteiger partial charge in [0.05, 0.1) is 5.69 Å². The number of aromatic nitrogens is 1. The largest absolute Gasteiger partial charge is 0.444 e. The zero-order chi connectivity index (χ0) is 14.5. The molecular weight excluding hydrogens is 252 g/mol. The fraction of sp³-hybridized carbons (Fsp3) is 0.333. The average molecular weight is 272 g/mol. The first-order valence-corrected chi connectivity index (χ1v) is 6.67. The third-order valence-electron chi connectivity index (χ3n) is 3.09. The second-order valence-electron chi connectivity index (χ2n) is 4.63. The van der Waals surface area contributed by atoms with Gasteiger partial charge in [0.1, 0.15) is 12.3 Å². The Labute approximate surface area is 118 Å². The highest BCUT2D eigenvalue weighted by atomic mass is 16.4. The van der Waals surface area contributed by atoms with Crippen molar-refractivity contribution in [3.63, 3.8) is 0 Å². The number of anilines is 1. The van der Waals surface area contributed by atoms with Crippen LogP contribution in [0.4, 0.5) is 5.69 Å². The third-order valence-corrected chi connectivity index (χ3v) is 3.09. The van der Waals surface area contributed by atoms with Crippen LogP contribution in [0.3, 0.4) is 0 Å². The van der Waals surface area contributed by atoms with E-state index in [1.165, 1.54) is 5.56 Å². The summed E-state index contributed by atoms with van der Waals surface area (Å²) in [5.74, 6) is 1.74. The summed E-state index contributed by atoms with van der Waals surface area (Å²) in [5, 5.41) is 3.04. The Bertz CT molecular complexity index is 579. The molecule has 0 atom stereocenters. The summed E-state index contributed by atoms with van der Waals surface area (Å²) in [6.45, 7) is 6.24. The van der Waals surface area contributed by atoms with Crippen LogP contribution in [-0.2, 0) is 13.0 Å². The van der Waals surface area contributed by atoms with E-state index in [0.717, 1.165) is 23.6 Å². The highest BCUT2D eigenvalue weighted by molar-refractivity contribution is 5.92. The van der Waals surface area contributed by atoms with Gasteiger partial charge in [-0.15, -0.1) is 0 Å². The maximum absolute atomic E-state index is 5.84. The van der Waals surface area contributed by atoms with Crippen molar-refractivity contribution in [2.75, 3.05) is 5.32 Å². The molecule has 5 heteroatoms. The summed E-state index contributed by atoms with van der Waals surface area (Å²) in [5.41, 5.74) is 8.93. The predicted molar refractivity (Wildman–Crippen MR) is 80.7 cm³/mol. The standard InChI is InChI=1S/C15H20N4O/c1-4-12-5-7-13(8-6-12)19-15(16)17-9-14-18-10(2)11(3)20-14/h5-8H,4,9H2,1-3H3,(H3,16,17,19). The quantitative estimate of drug-likeness (QED) is 0.663. The zero-order valence-electron chi connectivity index (χ0n) is 12.1. The van der Waals surface area contributed by atoms with E-state index in [9.17, 15) is 0 Å². The van der Waals surface area contributed by atoms with Gasteiger partial charge in [0, 0.05) is 5.69 Å². The summed E-state index contributed by atoms with van der Waals surface area (Å²) in [7, 11) is 0. The third kappa shape index (κ3) is 3.60. The lowest BCUT2D eigenvalue weighted by Crippen LogP contribution is -2.22. The number of nitrogens with one attached hydrogen (secondary N) is 1. The van der Waals surface area contributed by atoms with Crippen molar-refractivity contribution in [1.82, 2.24) is 4.98 Å². The van der Waals surface area contributed by atoms with Gasteiger partial charge in [-0.1, -0.05) is 19.1 Å². The van der Waals surface area contributed by atoms with Crippen LogP contribution >= 0.6 is 0 Å². The topological polar surface area (TPSA) is 76.4 Å². The summed E-state index contributed by atoms with van der Waals surface area (Å²) in [6, 6.07) is 8.11. The number of benzene rings is 1. The molecule has 0 radical (unpaired) electrons. The van der Waals surface area contributed by atoms with Crippen LogP contribution in [0, 0.1) is 13.8 Å². The predicted octanol–water partition coefficient (Wildman–Crippen LogP) is 2.78. The summed E-state index contributed by atoms with van der Waals surface area (Å²) in [4.78, 5) is 8.47. The molecule has 20 heavy (non-hydrogen) atoms. The molecule has 0 fully saturated rings. The molecule has 0 spiro atoms. The van der Waals surface area contributed by atoms with Gasteiger partial charge in [0.25, 0.3) is 0 Å². The van der Waals surface area contributed by atoms with Crippen LogP contribution in [0.1, 0.15) is 29.8 Å². The fourth-order valence-electron chi connectivity index (χ4n) is 1.77. The van der Waals surface area contributed by atoms with E-state index in [4.69, 9.17) is 10.2 Å². The molecule has 0 bridgehead atoms. The molecule has 5 nitrogen and oxygen atoms in total. The zero-order valence-corrected chi connectivity index (χ0v) is 12.1.